The molecule has 0 aliphatic carbocycles. The van der Waals surface area contributed by atoms with Crippen LogP contribution in [0.25, 0.3) is 0 Å². The van der Waals surface area contributed by atoms with Gasteiger partial charge in [-0.1, -0.05) is 11.6 Å². The van der Waals surface area contributed by atoms with Crippen LogP contribution in [-0.2, 0) is 9.59 Å². The zero-order valence-electron chi connectivity index (χ0n) is 11.1. The standard InChI is InChI=1S/C13H13BrClNO4S/c1-7-16(10(6-21-7)13(18)19)12(17)5-20-11-3-2-8(15)4-9(11)14/h2-4,7,10H,5-6H2,1H3,(H,18,19). The van der Waals surface area contributed by atoms with Gasteiger partial charge in [0.25, 0.3) is 5.91 Å². The quantitative estimate of drug-likeness (QED) is 0.850. The number of amides is 1. The van der Waals surface area contributed by atoms with Crippen molar-refractivity contribution in [3.63, 3.8) is 0 Å². The topological polar surface area (TPSA) is 66.8 Å². The second kappa shape index (κ2) is 6.89. The Balaban J connectivity index is 2.02. The molecule has 1 aliphatic heterocycles. The molecule has 0 saturated carbocycles. The molecule has 1 saturated heterocycles. The highest BCUT2D eigenvalue weighted by atomic mass is 79.9. The van der Waals surface area contributed by atoms with Crippen molar-refractivity contribution < 1.29 is 19.4 Å². The normalized spacial score (nSPS) is 21.4. The molecule has 0 spiro atoms. The number of carbonyl (C=O) groups excluding carboxylic acids is 1. The Bertz CT molecular complexity index is 571. The summed E-state index contributed by atoms with van der Waals surface area (Å²) in [5.74, 6) is -0.457. The minimum atomic E-state index is -0.993. The Morgan fingerprint density at radius 1 is 1.57 bits per heavy atom. The van der Waals surface area contributed by atoms with E-state index in [1.165, 1.54) is 16.7 Å². The predicted octanol–water partition coefficient (Wildman–Crippen LogP) is 2.86. The highest BCUT2D eigenvalue weighted by molar-refractivity contribution is 9.10. The number of hydrogen-bond donors (Lipinski definition) is 1. The number of rotatable bonds is 4. The van der Waals surface area contributed by atoms with Gasteiger partial charge in [0.1, 0.15) is 11.8 Å². The zero-order chi connectivity index (χ0) is 15.6. The molecule has 1 aromatic rings. The van der Waals surface area contributed by atoms with Crippen LogP contribution >= 0.6 is 39.3 Å². The van der Waals surface area contributed by atoms with Gasteiger partial charge in [0, 0.05) is 10.8 Å². The fraction of sp³-hybridized carbons (Fsp3) is 0.385. The van der Waals surface area contributed by atoms with Gasteiger partial charge in [0.15, 0.2) is 6.61 Å². The second-order valence-corrected chi connectivity index (χ2v) is 7.09. The number of carboxylic acid groups (broad SMARTS) is 1. The van der Waals surface area contributed by atoms with Crippen LogP contribution in [0.5, 0.6) is 5.75 Å². The largest absolute Gasteiger partial charge is 0.483 e. The van der Waals surface area contributed by atoms with Crippen LogP contribution in [0.2, 0.25) is 5.02 Å². The monoisotopic (exact) mass is 393 g/mol. The van der Waals surface area contributed by atoms with Gasteiger partial charge in [0.2, 0.25) is 0 Å². The number of carbonyl (C=O) groups is 2. The molecule has 21 heavy (non-hydrogen) atoms. The summed E-state index contributed by atoms with van der Waals surface area (Å²) in [6.45, 7) is 1.60. The van der Waals surface area contributed by atoms with Gasteiger partial charge in [0.05, 0.1) is 9.85 Å². The average molecular weight is 395 g/mol. The molecule has 1 fully saturated rings. The minimum Gasteiger partial charge on any atom is -0.483 e. The Labute approximate surface area is 139 Å². The highest BCUT2D eigenvalue weighted by Crippen LogP contribution is 2.30. The van der Waals surface area contributed by atoms with Crippen LogP contribution in [-0.4, -0.2) is 45.7 Å². The van der Waals surface area contributed by atoms with Crippen molar-refractivity contribution in [2.24, 2.45) is 0 Å². The Hall–Kier alpha value is -0.920. The number of benzene rings is 1. The van der Waals surface area contributed by atoms with Gasteiger partial charge >= 0.3 is 5.97 Å². The van der Waals surface area contributed by atoms with Gasteiger partial charge in [-0.2, -0.15) is 0 Å². The average Bonchev–Trinajstić information content (AvgIpc) is 2.79. The molecular weight excluding hydrogens is 382 g/mol. The second-order valence-electron chi connectivity index (χ2n) is 4.45. The van der Waals surface area contributed by atoms with Crippen molar-refractivity contribution >= 4 is 51.2 Å². The van der Waals surface area contributed by atoms with E-state index in [9.17, 15) is 9.59 Å². The Kier molecular flexibility index (Phi) is 5.40. The number of thioether (sulfide) groups is 1. The number of hydrogen-bond acceptors (Lipinski definition) is 4. The fourth-order valence-corrected chi connectivity index (χ4v) is 4.00. The summed E-state index contributed by atoms with van der Waals surface area (Å²) in [7, 11) is 0. The van der Waals surface area contributed by atoms with E-state index >= 15 is 0 Å². The maximum Gasteiger partial charge on any atom is 0.327 e. The molecule has 114 valence electrons. The predicted molar refractivity (Wildman–Crippen MR) is 84.8 cm³/mol. The summed E-state index contributed by atoms with van der Waals surface area (Å²) in [6, 6.07) is 4.17. The number of aliphatic carboxylic acids is 1. The van der Waals surface area contributed by atoms with E-state index in [0.717, 1.165) is 0 Å². The molecule has 0 aromatic heterocycles. The smallest absolute Gasteiger partial charge is 0.327 e. The molecule has 1 aliphatic rings. The third-order valence-corrected chi connectivity index (χ3v) is 5.11. The van der Waals surface area contributed by atoms with E-state index in [2.05, 4.69) is 15.9 Å². The summed E-state index contributed by atoms with van der Waals surface area (Å²) in [6.07, 6.45) is 0. The zero-order valence-corrected chi connectivity index (χ0v) is 14.2. The molecule has 8 heteroatoms. The maximum absolute atomic E-state index is 12.2. The van der Waals surface area contributed by atoms with Crippen molar-refractivity contribution in [1.29, 1.82) is 0 Å². The van der Waals surface area contributed by atoms with E-state index in [0.29, 0.717) is 21.0 Å². The Morgan fingerprint density at radius 2 is 2.29 bits per heavy atom. The summed E-state index contributed by atoms with van der Waals surface area (Å²) < 4.78 is 6.08. The van der Waals surface area contributed by atoms with Crippen LogP contribution in [0, 0.1) is 0 Å². The first kappa shape index (κ1) is 16.5. The van der Waals surface area contributed by atoms with Crippen molar-refractivity contribution in [1.82, 2.24) is 4.90 Å². The summed E-state index contributed by atoms with van der Waals surface area (Å²) in [5.41, 5.74) is 0. The van der Waals surface area contributed by atoms with Crippen molar-refractivity contribution in [2.75, 3.05) is 12.4 Å². The molecule has 2 atom stereocenters. The summed E-state index contributed by atoms with van der Waals surface area (Å²) in [5, 5.41) is 9.52. The first-order chi connectivity index (χ1) is 9.90. The lowest BCUT2D eigenvalue weighted by Gasteiger charge is -2.25. The number of carboxylic acids is 1. The van der Waals surface area contributed by atoms with Gasteiger partial charge in [-0.15, -0.1) is 11.8 Å². The third kappa shape index (κ3) is 3.84. The van der Waals surface area contributed by atoms with Gasteiger partial charge in [-0.05, 0) is 41.1 Å². The van der Waals surface area contributed by atoms with Crippen LogP contribution in [0.3, 0.4) is 0 Å². The third-order valence-electron chi connectivity index (χ3n) is 3.04. The van der Waals surface area contributed by atoms with Crippen molar-refractivity contribution in [3.8, 4) is 5.75 Å². The Morgan fingerprint density at radius 3 is 2.90 bits per heavy atom. The number of ether oxygens (including phenoxy) is 1. The first-order valence-electron chi connectivity index (χ1n) is 6.13. The van der Waals surface area contributed by atoms with Gasteiger partial charge in [-0.3, -0.25) is 4.79 Å². The van der Waals surface area contributed by atoms with Crippen LogP contribution < -0.4 is 4.74 Å². The molecular formula is C13H13BrClNO4S. The molecule has 0 radical (unpaired) electrons. The lowest BCUT2D eigenvalue weighted by Crippen LogP contribution is -2.46. The van der Waals surface area contributed by atoms with Gasteiger partial charge in [-0.25, -0.2) is 4.79 Å². The molecule has 2 unspecified atom stereocenters. The van der Waals surface area contributed by atoms with E-state index in [-0.39, 0.29) is 17.9 Å². The summed E-state index contributed by atoms with van der Waals surface area (Å²) in [4.78, 5) is 24.7. The fourth-order valence-electron chi connectivity index (χ4n) is 2.02. The molecule has 1 amide bonds. The lowest BCUT2D eigenvalue weighted by atomic mass is 10.3. The van der Waals surface area contributed by atoms with E-state index in [1.54, 1.807) is 18.2 Å². The minimum absolute atomic E-state index is 0.171. The molecule has 2 rings (SSSR count). The molecule has 1 aromatic carbocycles. The maximum atomic E-state index is 12.2. The lowest BCUT2D eigenvalue weighted by molar-refractivity contribution is -0.149. The first-order valence-corrected chi connectivity index (χ1v) is 8.35. The van der Waals surface area contributed by atoms with Crippen LogP contribution in [0.4, 0.5) is 0 Å². The van der Waals surface area contributed by atoms with E-state index < -0.39 is 12.0 Å². The van der Waals surface area contributed by atoms with Crippen LogP contribution in [0.15, 0.2) is 22.7 Å². The SMILES string of the molecule is CC1SCC(C(=O)O)N1C(=O)COc1ccc(Cl)cc1Br. The highest BCUT2D eigenvalue weighted by Gasteiger charge is 2.39. The van der Waals surface area contributed by atoms with E-state index in [1.807, 2.05) is 6.92 Å². The molecule has 5 nitrogen and oxygen atoms in total. The number of halogens is 2. The molecule has 1 heterocycles. The van der Waals surface area contributed by atoms with Crippen molar-refractivity contribution in [3.05, 3.63) is 27.7 Å². The van der Waals surface area contributed by atoms with Gasteiger partial charge < -0.3 is 14.7 Å². The molecule has 1 N–H and O–H groups in total. The number of nitrogens with zero attached hydrogens (tertiary/aromatic N) is 1. The molecule has 0 bridgehead atoms. The van der Waals surface area contributed by atoms with Crippen LogP contribution in [0.1, 0.15) is 6.92 Å². The van der Waals surface area contributed by atoms with E-state index in [4.69, 9.17) is 21.4 Å². The van der Waals surface area contributed by atoms with Crippen molar-refractivity contribution in [2.45, 2.75) is 18.3 Å². The summed E-state index contributed by atoms with van der Waals surface area (Å²) >= 11 is 10.6.